The maximum absolute atomic E-state index is 12.6. The Morgan fingerprint density at radius 2 is 1.81 bits per heavy atom. The Labute approximate surface area is 125 Å². The van der Waals surface area contributed by atoms with Crippen molar-refractivity contribution in [3.8, 4) is 0 Å². The Balaban J connectivity index is 1.76. The first-order valence-corrected chi connectivity index (χ1v) is 8.85. The van der Waals surface area contributed by atoms with Crippen molar-refractivity contribution in [2.75, 3.05) is 19.6 Å². The van der Waals surface area contributed by atoms with Crippen LogP contribution in [-0.2, 0) is 21.2 Å². The Bertz CT molecular complexity index is 635. The summed E-state index contributed by atoms with van der Waals surface area (Å²) in [5, 5.41) is 0. The zero-order valence-electron chi connectivity index (χ0n) is 12.2. The van der Waals surface area contributed by atoms with Crippen LogP contribution in [0, 0.1) is 0 Å². The second-order valence-electron chi connectivity index (χ2n) is 5.65. The SMILES string of the molecule is CCc1ccc(S(=O)(=O)N2CCN(C3CC3)C(=O)C2)cc1. The molecule has 0 bridgehead atoms. The summed E-state index contributed by atoms with van der Waals surface area (Å²) in [7, 11) is -3.56. The number of benzene rings is 1. The van der Waals surface area contributed by atoms with Crippen LogP contribution in [-0.4, -0.2) is 49.2 Å². The molecule has 0 aromatic heterocycles. The molecule has 5 nitrogen and oxygen atoms in total. The van der Waals surface area contributed by atoms with Crippen molar-refractivity contribution in [3.05, 3.63) is 29.8 Å². The number of hydrogen-bond acceptors (Lipinski definition) is 3. The van der Waals surface area contributed by atoms with Crippen LogP contribution in [0.3, 0.4) is 0 Å². The summed E-state index contributed by atoms with van der Waals surface area (Å²) >= 11 is 0. The molecule has 2 fully saturated rings. The minimum Gasteiger partial charge on any atom is -0.337 e. The molecule has 1 saturated carbocycles. The van der Waals surface area contributed by atoms with E-state index in [0.717, 1.165) is 24.8 Å². The zero-order valence-corrected chi connectivity index (χ0v) is 13.0. The fourth-order valence-electron chi connectivity index (χ4n) is 2.69. The van der Waals surface area contributed by atoms with Gasteiger partial charge in [-0.1, -0.05) is 19.1 Å². The average Bonchev–Trinajstić information content (AvgIpc) is 3.32. The van der Waals surface area contributed by atoms with Gasteiger partial charge in [-0.3, -0.25) is 4.79 Å². The van der Waals surface area contributed by atoms with Crippen molar-refractivity contribution < 1.29 is 13.2 Å². The molecule has 1 aliphatic carbocycles. The Hall–Kier alpha value is -1.40. The molecule has 0 atom stereocenters. The number of carbonyl (C=O) groups excluding carboxylic acids is 1. The first kappa shape index (κ1) is 14.5. The largest absolute Gasteiger partial charge is 0.337 e. The predicted molar refractivity (Wildman–Crippen MR) is 79.3 cm³/mol. The van der Waals surface area contributed by atoms with Gasteiger partial charge in [0.2, 0.25) is 15.9 Å². The Morgan fingerprint density at radius 3 is 2.33 bits per heavy atom. The van der Waals surface area contributed by atoms with Gasteiger partial charge in [-0.25, -0.2) is 8.42 Å². The lowest BCUT2D eigenvalue weighted by molar-refractivity contribution is -0.134. The molecule has 0 N–H and O–H groups in total. The highest BCUT2D eigenvalue weighted by Gasteiger charge is 2.39. The molecule has 3 rings (SSSR count). The number of sulfonamides is 1. The van der Waals surface area contributed by atoms with E-state index in [1.54, 1.807) is 12.1 Å². The van der Waals surface area contributed by atoms with Crippen LogP contribution in [0.2, 0.25) is 0 Å². The summed E-state index contributed by atoms with van der Waals surface area (Å²) in [4.78, 5) is 14.2. The quantitative estimate of drug-likeness (QED) is 0.841. The van der Waals surface area contributed by atoms with Gasteiger partial charge in [0.05, 0.1) is 11.4 Å². The van der Waals surface area contributed by atoms with E-state index in [1.807, 2.05) is 24.0 Å². The molecule has 0 unspecified atom stereocenters. The summed E-state index contributed by atoms with van der Waals surface area (Å²) in [5.74, 6) is -0.0718. The summed E-state index contributed by atoms with van der Waals surface area (Å²) in [5.41, 5.74) is 1.10. The second-order valence-corrected chi connectivity index (χ2v) is 7.59. The number of hydrogen-bond donors (Lipinski definition) is 0. The van der Waals surface area contributed by atoms with E-state index < -0.39 is 10.0 Å². The van der Waals surface area contributed by atoms with Crippen LogP contribution in [0.25, 0.3) is 0 Å². The third-order valence-electron chi connectivity index (χ3n) is 4.18. The molecule has 114 valence electrons. The van der Waals surface area contributed by atoms with Crippen LogP contribution >= 0.6 is 0 Å². The standard InChI is InChI=1S/C15H20N2O3S/c1-2-12-3-7-14(8-4-12)21(19,20)16-9-10-17(13-5-6-13)15(18)11-16/h3-4,7-8,13H,2,5-6,9-11H2,1H3. The van der Waals surface area contributed by atoms with Crippen molar-refractivity contribution in [1.29, 1.82) is 0 Å². The number of piperazine rings is 1. The Kier molecular flexibility index (Phi) is 3.75. The van der Waals surface area contributed by atoms with Gasteiger partial charge in [-0.15, -0.1) is 0 Å². The van der Waals surface area contributed by atoms with Gasteiger partial charge in [-0.2, -0.15) is 4.31 Å². The lowest BCUT2D eigenvalue weighted by Gasteiger charge is -2.33. The van der Waals surface area contributed by atoms with E-state index in [-0.39, 0.29) is 17.3 Å². The summed E-state index contributed by atoms with van der Waals surface area (Å²) in [6, 6.07) is 7.27. The van der Waals surface area contributed by atoms with E-state index in [1.165, 1.54) is 4.31 Å². The van der Waals surface area contributed by atoms with Crippen LogP contribution in [0.4, 0.5) is 0 Å². The maximum Gasteiger partial charge on any atom is 0.243 e. The average molecular weight is 308 g/mol. The molecule has 1 aromatic carbocycles. The van der Waals surface area contributed by atoms with Crippen LogP contribution in [0.5, 0.6) is 0 Å². The molecule has 1 aliphatic heterocycles. The number of rotatable bonds is 4. The Morgan fingerprint density at radius 1 is 1.14 bits per heavy atom. The molecule has 21 heavy (non-hydrogen) atoms. The molecule has 1 aromatic rings. The fourth-order valence-corrected chi connectivity index (χ4v) is 4.07. The van der Waals surface area contributed by atoms with Gasteiger partial charge >= 0.3 is 0 Å². The number of carbonyl (C=O) groups is 1. The van der Waals surface area contributed by atoms with E-state index >= 15 is 0 Å². The number of aryl methyl sites for hydroxylation is 1. The molecule has 0 spiro atoms. The molecular weight excluding hydrogens is 288 g/mol. The first-order valence-electron chi connectivity index (χ1n) is 7.41. The van der Waals surface area contributed by atoms with Crippen molar-refractivity contribution in [1.82, 2.24) is 9.21 Å². The normalized spacial score (nSPS) is 20.8. The van der Waals surface area contributed by atoms with Crippen LogP contribution in [0.15, 0.2) is 29.2 Å². The van der Waals surface area contributed by atoms with Gasteiger partial charge in [-0.05, 0) is 37.0 Å². The first-order chi connectivity index (χ1) is 10.0. The molecule has 1 saturated heterocycles. The lowest BCUT2D eigenvalue weighted by Crippen LogP contribution is -2.52. The third-order valence-corrected chi connectivity index (χ3v) is 6.04. The lowest BCUT2D eigenvalue weighted by atomic mass is 10.2. The summed E-state index contributed by atoms with van der Waals surface area (Å²) < 4.78 is 26.5. The van der Waals surface area contributed by atoms with Gasteiger partial charge < -0.3 is 4.90 Å². The van der Waals surface area contributed by atoms with Crippen LogP contribution < -0.4 is 0 Å². The monoisotopic (exact) mass is 308 g/mol. The van der Waals surface area contributed by atoms with Gasteiger partial charge in [0, 0.05) is 19.1 Å². The number of amides is 1. The highest BCUT2D eigenvalue weighted by molar-refractivity contribution is 7.89. The van der Waals surface area contributed by atoms with Gasteiger partial charge in [0.25, 0.3) is 0 Å². The topological polar surface area (TPSA) is 57.7 Å². The highest BCUT2D eigenvalue weighted by Crippen LogP contribution is 2.29. The van der Waals surface area contributed by atoms with Crippen LogP contribution in [0.1, 0.15) is 25.3 Å². The van der Waals surface area contributed by atoms with Crippen molar-refractivity contribution >= 4 is 15.9 Å². The fraction of sp³-hybridized carbons (Fsp3) is 0.533. The minimum atomic E-state index is -3.56. The molecule has 0 radical (unpaired) electrons. The van der Waals surface area contributed by atoms with Gasteiger partial charge in [0.1, 0.15) is 0 Å². The highest BCUT2D eigenvalue weighted by atomic mass is 32.2. The zero-order chi connectivity index (χ0) is 15.0. The van der Waals surface area contributed by atoms with Crippen molar-refractivity contribution in [2.45, 2.75) is 37.1 Å². The summed E-state index contributed by atoms with van der Waals surface area (Å²) in [6.07, 6.45) is 2.98. The van der Waals surface area contributed by atoms with E-state index in [0.29, 0.717) is 19.1 Å². The predicted octanol–water partition coefficient (Wildman–Crippen LogP) is 1.24. The summed E-state index contributed by atoms with van der Waals surface area (Å²) in [6.45, 7) is 2.89. The van der Waals surface area contributed by atoms with E-state index in [9.17, 15) is 13.2 Å². The van der Waals surface area contributed by atoms with E-state index in [4.69, 9.17) is 0 Å². The number of nitrogens with zero attached hydrogens (tertiary/aromatic N) is 2. The van der Waals surface area contributed by atoms with Crippen molar-refractivity contribution in [3.63, 3.8) is 0 Å². The molecular formula is C15H20N2O3S. The molecule has 1 heterocycles. The third kappa shape index (κ3) is 2.82. The second kappa shape index (κ2) is 5.42. The molecule has 2 aliphatic rings. The van der Waals surface area contributed by atoms with Crippen molar-refractivity contribution in [2.24, 2.45) is 0 Å². The molecule has 6 heteroatoms. The minimum absolute atomic E-state index is 0.0334. The van der Waals surface area contributed by atoms with E-state index in [2.05, 4.69) is 0 Å². The maximum atomic E-state index is 12.6. The van der Waals surface area contributed by atoms with Gasteiger partial charge in [0.15, 0.2) is 0 Å². The molecule has 1 amide bonds. The smallest absolute Gasteiger partial charge is 0.243 e.